The highest BCUT2D eigenvalue weighted by molar-refractivity contribution is 5.93. The first kappa shape index (κ1) is 13.5. The van der Waals surface area contributed by atoms with E-state index in [1.54, 1.807) is 7.11 Å². The van der Waals surface area contributed by atoms with Crippen LogP contribution in [0.1, 0.15) is 12.5 Å². The number of carbonyl (C=O) groups excluding carboxylic acids is 1. The van der Waals surface area contributed by atoms with Crippen LogP contribution in [0.3, 0.4) is 0 Å². The van der Waals surface area contributed by atoms with E-state index in [0.29, 0.717) is 12.3 Å². The lowest BCUT2D eigenvalue weighted by molar-refractivity contribution is -0.117. The van der Waals surface area contributed by atoms with Gasteiger partial charge in [0.25, 0.3) is 0 Å². The minimum Gasteiger partial charge on any atom is -0.495 e. The van der Waals surface area contributed by atoms with Gasteiger partial charge in [0.15, 0.2) is 0 Å². The molecule has 1 aromatic rings. The Balaban J connectivity index is 2.73. The van der Waals surface area contributed by atoms with Gasteiger partial charge in [-0.05, 0) is 38.2 Å². The van der Waals surface area contributed by atoms with Crippen molar-refractivity contribution in [2.24, 2.45) is 0 Å². The normalized spacial score (nSPS) is 10.4. The maximum Gasteiger partial charge on any atom is 0.238 e. The zero-order chi connectivity index (χ0) is 12.8. The summed E-state index contributed by atoms with van der Waals surface area (Å²) in [7, 11) is 3.51. The Morgan fingerprint density at radius 2 is 2.18 bits per heavy atom. The van der Waals surface area contributed by atoms with Crippen molar-refractivity contribution in [3.8, 4) is 5.75 Å². The van der Waals surface area contributed by atoms with Crippen LogP contribution in [0.25, 0.3) is 0 Å². The third-order valence-corrected chi connectivity index (χ3v) is 2.58. The van der Waals surface area contributed by atoms with Crippen molar-refractivity contribution < 1.29 is 9.53 Å². The Hall–Kier alpha value is -1.55. The molecule has 1 amide bonds. The number of nitrogens with zero attached hydrogens (tertiary/aromatic N) is 1. The predicted octanol–water partition coefficient (Wildman–Crippen LogP) is 1.89. The van der Waals surface area contributed by atoms with Crippen LogP contribution in [0.5, 0.6) is 5.75 Å². The van der Waals surface area contributed by atoms with Crippen LogP contribution < -0.4 is 10.1 Å². The SMILES string of the molecule is CCN(C)CC(=O)Nc1cc(C)ccc1OC. The molecule has 4 nitrogen and oxygen atoms in total. The van der Waals surface area contributed by atoms with E-state index < -0.39 is 0 Å². The lowest BCUT2D eigenvalue weighted by Gasteiger charge is -2.15. The van der Waals surface area contributed by atoms with Crippen LogP contribution in [0.15, 0.2) is 18.2 Å². The number of anilines is 1. The van der Waals surface area contributed by atoms with Gasteiger partial charge in [-0.2, -0.15) is 0 Å². The molecule has 0 bridgehead atoms. The van der Waals surface area contributed by atoms with Gasteiger partial charge in [-0.25, -0.2) is 0 Å². The number of aryl methyl sites for hydroxylation is 1. The van der Waals surface area contributed by atoms with Gasteiger partial charge in [0.2, 0.25) is 5.91 Å². The molecule has 0 aliphatic heterocycles. The van der Waals surface area contributed by atoms with Crippen molar-refractivity contribution in [1.82, 2.24) is 4.90 Å². The lowest BCUT2D eigenvalue weighted by Crippen LogP contribution is -2.30. The van der Waals surface area contributed by atoms with E-state index in [4.69, 9.17) is 4.74 Å². The van der Waals surface area contributed by atoms with Crippen LogP contribution in [0.2, 0.25) is 0 Å². The maximum atomic E-state index is 11.8. The molecule has 1 rings (SSSR count). The minimum absolute atomic E-state index is 0.0294. The van der Waals surface area contributed by atoms with Crippen molar-refractivity contribution in [2.45, 2.75) is 13.8 Å². The molecule has 0 aromatic heterocycles. The van der Waals surface area contributed by atoms with Crippen LogP contribution >= 0.6 is 0 Å². The van der Waals surface area contributed by atoms with E-state index >= 15 is 0 Å². The molecule has 17 heavy (non-hydrogen) atoms. The van der Waals surface area contributed by atoms with E-state index in [1.165, 1.54) is 0 Å². The summed E-state index contributed by atoms with van der Waals surface area (Å²) in [4.78, 5) is 13.7. The summed E-state index contributed by atoms with van der Waals surface area (Å²) >= 11 is 0. The topological polar surface area (TPSA) is 41.6 Å². The maximum absolute atomic E-state index is 11.8. The quantitative estimate of drug-likeness (QED) is 0.849. The highest BCUT2D eigenvalue weighted by atomic mass is 16.5. The number of nitrogens with one attached hydrogen (secondary N) is 1. The molecule has 0 fully saturated rings. The second-order valence-electron chi connectivity index (χ2n) is 4.08. The number of ether oxygens (including phenoxy) is 1. The summed E-state index contributed by atoms with van der Waals surface area (Å²) in [6, 6.07) is 5.71. The number of hydrogen-bond donors (Lipinski definition) is 1. The second kappa shape index (κ2) is 6.25. The number of hydrogen-bond acceptors (Lipinski definition) is 3. The molecule has 4 heteroatoms. The van der Waals surface area contributed by atoms with Gasteiger partial charge < -0.3 is 10.1 Å². The highest BCUT2D eigenvalue weighted by Gasteiger charge is 2.09. The Kier molecular flexibility index (Phi) is 4.97. The molecule has 0 saturated carbocycles. The summed E-state index contributed by atoms with van der Waals surface area (Å²) in [5.41, 5.74) is 1.81. The van der Waals surface area contributed by atoms with Gasteiger partial charge >= 0.3 is 0 Å². The van der Waals surface area contributed by atoms with Crippen molar-refractivity contribution in [3.05, 3.63) is 23.8 Å². The lowest BCUT2D eigenvalue weighted by atomic mass is 10.2. The molecule has 0 spiro atoms. The van der Waals surface area contributed by atoms with Gasteiger partial charge in [-0.15, -0.1) is 0 Å². The Labute approximate surface area is 103 Å². The molecule has 1 N–H and O–H groups in total. The molecule has 94 valence electrons. The van der Waals surface area contributed by atoms with Crippen LogP contribution in [-0.2, 0) is 4.79 Å². The molecule has 0 heterocycles. The number of amides is 1. The first-order chi connectivity index (χ1) is 8.06. The van der Waals surface area contributed by atoms with Gasteiger partial charge in [-0.3, -0.25) is 9.69 Å². The van der Waals surface area contributed by atoms with Gasteiger partial charge in [0.05, 0.1) is 19.3 Å². The van der Waals surface area contributed by atoms with Gasteiger partial charge in [-0.1, -0.05) is 13.0 Å². The van der Waals surface area contributed by atoms with E-state index in [9.17, 15) is 4.79 Å². The first-order valence-electron chi connectivity index (χ1n) is 5.69. The monoisotopic (exact) mass is 236 g/mol. The standard InChI is InChI=1S/C13H20N2O2/c1-5-15(3)9-13(16)14-11-8-10(2)6-7-12(11)17-4/h6-8H,5,9H2,1-4H3,(H,14,16). The summed E-state index contributed by atoms with van der Waals surface area (Å²) in [6.45, 7) is 5.22. The first-order valence-corrected chi connectivity index (χ1v) is 5.69. The average molecular weight is 236 g/mol. The number of likely N-dealkylation sites (N-methyl/N-ethyl adjacent to an activating group) is 1. The molecular formula is C13H20N2O2. The second-order valence-corrected chi connectivity index (χ2v) is 4.08. The Morgan fingerprint density at radius 1 is 1.47 bits per heavy atom. The summed E-state index contributed by atoms with van der Waals surface area (Å²) in [6.07, 6.45) is 0. The van der Waals surface area contributed by atoms with E-state index in [2.05, 4.69) is 5.32 Å². The van der Waals surface area contributed by atoms with Crippen molar-refractivity contribution in [2.75, 3.05) is 32.6 Å². The fourth-order valence-electron chi connectivity index (χ4n) is 1.47. The zero-order valence-corrected chi connectivity index (χ0v) is 10.9. The highest BCUT2D eigenvalue weighted by Crippen LogP contribution is 2.24. The molecule has 0 atom stereocenters. The summed E-state index contributed by atoms with van der Waals surface area (Å²) < 4.78 is 5.20. The third-order valence-electron chi connectivity index (χ3n) is 2.58. The van der Waals surface area contributed by atoms with Crippen molar-refractivity contribution in [1.29, 1.82) is 0 Å². The van der Waals surface area contributed by atoms with Crippen molar-refractivity contribution >= 4 is 11.6 Å². The van der Waals surface area contributed by atoms with Crippen LogP contribution in [0, 0.1) is 6.92 Å². The fraction of sp³-hybridized carbons (Fsp3) is 0.462. The summed E-state index contributed by atoms with van der Waals surface area (Å²) in [5, 5.41) is 2.86. The number of carbonyl (C=O) groups is 1. The number of rotatable bonds is 5. The molecule has 0 saturated heterocycles. The van der Waals surface area contributed by atoms with Crippen molar-refractivity contribution in [3.63, 3.8) is 0 Å². The summed E-state index contributed by atoms with van der Waals surface area (Å²) in [5.74, 6) is 0.654. The molecule has 0 aliphatic rings. The zero-order valence-electron chi connectivity index (χ0n) is 10.9. The minimum atomic E-state index is -0.0294. The molecule has 0 radical (unpaired) electrons. The van der Waals surface area contributed by atoms with Crippen LogP contribution in [-0.4, -0.2) is 38.1 Å². The van der Waals surface area contributed by atoms with E-state index in [0.717, 1.165) is 17.8 Å². The average Bonchev–Trinajstić information content (AvgIpc) is 2.29. The van der Waals surface area contributed by atoms with Gasteiger partial charge in [0, 0.05) is 0 Å². The fourth-order valence-corrected chi connectivity index (χ4v) is 1.47. The smallest absolute Gasteiger partial charge is 0.238 e. The molecule has 0 aliphatic carbocycles. The van der Waals surface area contributed by atoms with E-state index in [1.807, 2.05) is 44.0 Å². The Morgan fingerprint density at radius 3 is 2.76 bits per heavy atom. The predicted molar refractivity (Wildman–Crippen MR) is 69.5 cm³/mol. The molecular weight excluding hydrogens is 216 g/mol. The third kappa shape index (κ3) is 4.07. The van der Waals surface area contributed by atoms with E-state index in [-0.39, 0.29) is 5.91 Å². The van der Waals surface area contributed by atoms with Gasteiger partial charge in [0.1, 0.15) is 5.75 Å². The van der Waals surface area contributed by atoms with Crippen LogP contribution in [0.4, 0.5) is 5.69 Å². The molecule has 0 unspecified atom stereocenters. The largest absolute Gasteiger partial charge is 0.495 e. The molecule has 1 aromatic carbocycles. The number of benzene rings is 1. The Bertz CT molecular complexity index is 391. The number of methoxy groups -OCH3 is 1.